The molecule has 1 N–H and O–H groups in total. The van der Waals surface area contributed by atoms with E-state index in [0.29, 0.717) is 5.76 Å². The lowest BCUT2D eigenvalue weighted by molar-refractivity contribution is -0.160. The molecule has 5 nitrogen and oxygen atoms in total. The van der Waals surface area contributed by atoms with Gasteiger partial charge in [-0.1, -0.05) is 6.42 Å². The number of ether oxygens (including phenoxy) is 1. The quantitative estimate of drug-likeness (QED) is 0.906. The number of likely N-dealkylation sites (tertiary alicyclic amines) is 1. The summed E-state index contributed by atoms with van der Waals surface area (Å²) in [7, 11) is 0. The van der Waals surface area contributed by atoms with E-state index in [1.165, 1.54) is 6.26 Å². The standard InChI is InChI=1S/C14H19F3N2O3/c15-14(16,17)10-22-13(20)18-9-11(12-5-4-8-21-12)19-6-2-1-3-7-19/h4-5,8,11H,1-3,6-7,9-10H2,(H,18,20)/t11-/m1/s1. The molecule has 22 heavy (non-hydrogen) atoms. The minimum Gasteiger partial charge on any atom is -0.468 e. The van der Waals surface area contributed by atoms with Gasteiger partial charge in [-0.2, -0.15) is 13.2 Å². The molecule has 0 spiro atoms. The maximum absolute atomic E-state index is 12.0. The van der Waals surface area contributed by atoms with Crippen molar-refractivity contribution >= 4 is 6.09 Å². The molecule has 1 fully saturated rings. The summed E-state index contributed by atoms with van der Waals surface area (Å²) in [6, 6.07) is 3.34. The highest BCUT2D eigenvalue weighted by atomic mass is 19.4. The van der Waals surface area contributed by atoms with Crippen LogP contribution in [0.1, 0.15) is 31.1 Å². The second-order valence-electron chi connectivity index (χ2n) is 5.20. The first kappa shape index (κ1) is 16.7. The highest BCUT2D eigenvalue weighted by Crippen LogP contribution is 2.24. The molecule has 1 amide bonds. The van der Waals surface area contributed by atoms with Crippen LogP contribution in [-0.2, 0) is 4.74 Å². The molecule has 0 aromatic carbocycles. The van der Waals surface area contributed by atoms with E-state index in [1.54, 1.807) is 12.1 Å². The Balaban J connectivity index is 1.88. The van der Waals surface area contributed by atoms with E-state index in [-0.39, 0.29) is 12.6 Å². The summed E-state index contributed by atoms with van der Waals surface area (Å²) in [6.45, 7) is 0.285. The van der Waals surface area contributed by atoms with Crippen molar-refractivity contribution in [2.24, 2.45) is 0 Å². The van der Waals surface area contributed by atoms with Crippen LogP contribution in [0.4, 0.5) is 18.0 Å². The lowest BCUT2D eigenvalue weighted by Crippen LogP contribution is -2.41. The third-order valence-electron chi connectivity index (χ3n) is 3.51. The molecule has 124 valence electrons. The molecule has 1 saturated heterocycles. The molecule has 0 unspecified atom stereocenters. The molecule has 1 aliphatic heterocycles. The monoisotopic (exact) mass is 320 g/mol. The molecule has 1 aromatic heterocycles. The number of alkyl carbamates (subject to hydrolysis) is 1. The number of alkyl halides is 3. The Morgan fingerprint density at radius 3 is 2.68 bits per heavy atom. The second kappa shape index (κ2) is 7.53. The molecule has 2 heterocycles. The summed E-state index contributed by atoms with van der Waals surface area (Å²) in [4.78, 5) is 13.5. The zero-order valence-electron chi connectivity index (χ0n) is 12.1. The van der Waals surface area contributed by atoms with Gasteiger partial charge in [-0.3, -0.25) is 4.90 Å². The van der Waals surface area contributed by atoms with Crippen molar-refractivity contribution in [3.63, 3.8) is 0 Å². The summed E-state index contributed by atoms with van der Waals surface area (Å²) < 4.78 is 45.5. The van der Waals surface area contributed by atoms with Crippen LogP contribution in [0.5, 0.6) is 0 Å². The summed E-state index contributed by atoms with van der Waals surface area (Å²) in [5.74, 6) is 0.679. The normalized spacial score (nSPS) is 18.0. The molecular formula is C14H19F3N2O3. The van der Waals surface area contributed by atoms with E-state index in [1.807, 2.05) is 0 Å². The minimum atomic E-state index is -4.52. The van der Waals surface area contributed by atoms with Crippen LogP contribution in [0.2, 0.25) is 0 Å². The first-order valence-electron chi connectivity index (χ1n) is 7.20. The fourth-order valence-electron chi connectivity index (χ4n) is 2.50. The third kappa shape index (κ3) is 5.25. The lowest BCUT2D eigenvalue weighted by atomic mass is 10.1. The highest BCUT2D eigenvalue weighted by Gasteiger charge is 2.30. The van der Waals surface area contributed by atoms with Gasteiger partial charge in [0.1, 0.15) is 5.76 Å². The van der Waals surface area contributed by atoms with E-state index in [4.69, 9.17) is 4.42 Å². The predicted molar refractivity (Wildman–Crippen MR) is 72.3 cm³/mol. The Labute approximate surface area is 126 Å². The molecular weight excluding hydrogens is 301 g/mol. The number of amides is 1. The molecule has 1 atom stereocenters. The van der Waals surface area contributed by atoms with Crippen LogP contribution in [-0.4, -0.2) is 43.4 Å². The SMILES string of the molecule is O=C(NC[C@H](c1ccco1)N1CCCCC1)OCC(F)(F)F. The summed E-state index contributed by atoms with van der Waals surface area (Å²) in [5.41, 5.74) is 0. The Morgan fingerprint density at radius 2 is 2.09 bits per heavy atom. The highest BCUT2D eigenvalue weighted by molar-refractivity contribution is 5.67. The summed E-state index contributed by atoms with van der Waals surface area (Å²) in [5, 5.41) is 2.38. The smallest absolute Gasteiger partial charge is 0.422 e. The maximum Gasteiger partial charge on any atom is 0.422 e. The Bertz CT molecular complexity index is 456. The lowest BCUT2D eigenvalue weighted by Gasteiger charge is -2.33. The molecule has 0 saturated carbocycles. The fraction of sp³-hybridized carbons (Fsp3) is 0.643. The Kier molecular flexibility index (Phi) is 5.70. The first-order valence-corrected chi connectivity index (χ1v) is 7.20. The number of piperidine rings is 1. The van der Waals surface area contributed by atoms with Crippen molar-refractivity contribution < 1.29 is 27.1 Å². The molecule has 8 heteroatoms. The van der Waals surface area contributed by atoms with E-state index < -0.39 is 18.9 Å². The van der Waals surface area contributed by atoms with Crippen LogP contribution in [0.3, 0.4) is 0 Å². The number of nitrogens with one attached hydrogen (secondary N) is 1. The Morgan fingerprint density at radius 1 is 1.36 bits per heavy atom. The number of hydrogen-bond acceptors (Lipinski definition) is 4. The zero-order valence-corrected chi connectivity index (χ0v) is 12.1. The number of carbonyl (C=O) groups is 1. The van der Waals surface area contributed by atoms with Gasteiger partial charge in [0.25, 0.3) is 0 Å². The first-order chi connectivity index (χ1) is 10.5. The fourth-order valence-corrected chi connectivity index (χ4v) is 2.50. The van der Waals surface area contributed by atoms with Crippen LogP contribution in [0.15, 0.2) is 22.8 Å². The average Bonchev–Trinajstić information content (AvgIpc) is 3.00. The number of nitrogens with zero attached hydrogens (tertiary/aromatic N) is 1. The van der Waals surface area contributed by atoms with Crippen molar-refractivity contribution in [2.75, 3.05) is 26.2 Å². The van der Waals surface area contributed by atoms with Crippen molar-refractivity contribution in [3.8, 4) is 0 Å². The maximum atomic E-state index is 12.0. The van der Waals surface area contributed by atoms with Gasteiger partial charge in [0.15, 0.2) is 6.61 Å². The zero-order chi connectivity index (χ0) is 16.0. The van der Waals surface area contributed by atoms with E-state index in [0.717, 1.165) is 32.4 Å². The molecule has 2 rings (SSSR count). The van der Waals surface area contributed by atoms with Gasteiger partial charge in [0, 0.05) is 6.54 Å². The summed E-state index contributed by atoms with van der Waals surface area (Å²) in [6.07, 6.45) is -0.807. The van der Waals surface area contributed by atoms with E-state index in [9.17, 15) is 18.0 Å². The number of rotatable bonds is 5. The van der Waals surface area contributed by atoms with Crippen LogP contribution >= 0.6 is 0 Å². The van der Waals surface area contributed by atoms with Gasteiger partial charge in [-0.15, -0.1) is 0 Å². The molecule has 0 bridgehead atoms. The number of furan rings is 1. The van der Waals surface area contributed by atoms with Crippen LogP contribution in [0.25, 0.3) is 0 Å². The average molecular weight is 320 g/mol. The van der Waals surface area contributed by atoms with Gasteiger partial charge in [-0.05, 0) is 38.1 Å². The van der Waals surface area contributed by atoms with Gasteiger partial charge < -0.3 is 14.5 Å². The van der Waals surface area contributed by atoms with Crippen molar-refractivity contribution in [1.29, 1.82) is 0 Å². The van der Waals surface area contributed by atoms with Gasteiger partial charge in [0.05, 0.1) is 12.3 Å². The Hall–Kier alpha value is -1.70. The van der Waals surface area contributed by atoms with E-state index in [2.05, 4.69) is 15.0 Å². The predicted octanol–water partition coefficient (Wildman–Crippen LogP) is 3.10. The van der Waals surface area contributed by atoms with Gasteiger partial charge in [-0.25, -0.2) is 4.79 Å². The number of hydrogen-bond donors (Lipinski definition) is 1. The molecule has 0 aliphatic carbocycles. The van der Waals surface area contributed by atoms with Crippen molar-refractivity contribution in [1.82, 2.24) is 10.2 Å². The number of carbonyl (C=O) groups excluding carboxylic acids is 1. The number of halogens is 3. The molecule has 1 aromatic rings. The van der Waals surface area contributed by atoms with Crippen LogP contribution in [0, 0.1) is 0 Å². The summed E-state index contributed by atoms with van der Waals surface area (Å²) >= 11 is 0. The van der Waals surface area contributed by atoms with Gasteiger partial charge in [0.2, 0.25) is 0 Å². The minimum absolute atomic E-state index is 0.143. The van der Waals surface area contributed by atoms with Crippen molar-refractivity contribution in [3.05, 3.63) is 24.2 Å². The van der Waals surface area contributed by atoms with Crippen molar-refractivity contribution in [2.45, 2.75) is 31.5 Å². The molecule has 0 radical (unpaired) electrons. The van der Waals surface area contributed by atoms with Gasteiger partial charge >= 0.3 is 12.3 Å². The largest absolute Gasteiger partial charge is 0.468 e. The van der Waals surface area contributed by atoms with Crippen LogP contribution < -0.4 is 5.32 Å². The molecule has 1 aliphatic rings. The second-order valence-corrected chi connectivity index (χ2v) is 5.20. The third-order valence-corrected chi connectivity index (χ3v) is 3.51. The van der Waals surface area contributed by atoms with E-state index >= 15 is 0 Å². The topological polar surface area (TPSA) is 54.7 Å².